The number of halogens is 2. The average molecular weight is 272 g/mol. The van der Waals surface area contributed by atoms with Gasteiger partial charge in [0.15, 0.2) is 0 Å². The predicted octanol–water partition coefficient (Wildman–Crippen LogP) is 2.84. The molecule has 1 fully saturated rings. The molecule has 0 radical (unpaired) electrons. The Morgan fingerprint density at radius 2 is 2.33 bits per heavy atom. The lowest BCUT2D eigenvalue weighted by molar-refractivity contribution is -0.147. The lowest BCUT2D eigenvalue weighted by Crippen LogP contribution is -2.36. The fraction of sp³-hybridized carbons (Fsp3) is 0.462. The Labute approximate surface area is 110 Å². The molecule has 1 aliphatic heterocycles. The van der Waals surface area contributed by atoms with E-state index in [0.717, 1.165) is 6.42 Å². The Balaban J connectivity index is 2.10. The van der Waals surface area contributed by atoms with Gasteiger partial charge in [0, 0.05) is 30.0 Å². The largest absolute Gasteiger partial charge is 0.462 e. The highest BCUT2D eigenvalue weighted by Crippen LogP contribution is 2.28. The van der Waals surface area contributed by atoms with Gasteiger partial charge in [-0.05, 0) is 25.1 Å². The van der Waals surface area contributed by atoms with E-state index in [0.29, 0.717) is 23.6 Å². The van der Waals surface area contributed by atoms with Gasteiger partial charge in [-0.2, -0.15) is 0 Å². The third-order valence-electron chi connectivity index (χ3n) is 3.03. The molecule has 2 rings (SSSR count). The van der Waals surface area contributed by atoms with Gasteiger partial charge in [0.05, 0.1) is 0 Å². The number of rotatable bonds is 2. The summed E-state index contributed by atoms with van der Waals surface area (Å²) < 4.78 is 19.0. The highest BCUT2D eigenvalue weighted by atomic mass is 35.5. The van der Waals surface area contributed by atoms with Crippen LogP contribution in [0.5, 0.6) is 0 Å². The molecular formula is C13H15ClFNO2. The number of nitrogens with one attached hydrogen (secondary N) is 1. The summed E-state index contributed by atoms with van der Waals surface area (Å²) in [6.07, 6.45) is 1.19. The van der Waals surface area contributed by atoms with Crippen LogP contribution in [0, 0.1) is 5.82 Å². The fourth-order valence-electron chi connectivity index (χ4n) is 2.25. The first kappa shape index (κ1) is 13.3. The van der Waals surface area contributed by atoms with Gasteiger partial charge in [0.2, 0.25) is 0 Å². The molecule has 3 nitrogen and oxygen atoms in total. The molecule has 18 heavy (non-hydrogen) atoms. The van der Waals surface area contributed by atoms with E-state index in [9.17, 15) is 9.18 Å². The molecular weight excluding hydrogens is 257 g/mol. The van der Waals surface area contributed by atoms with Gasteiger partial charge in [-0.25, -0.2) is 4.39 Å². The molecule has 1 aliphatic rings. The van der Waals surface area contributed by atoms with Crippen molar-refractivity contribution in [3.8, 4) is 0 Å². The van der Waals surface area contributed by atoms with Gasteiger partial charge < -0.3 is 10.1 Å². The molecule has 1 saturated heterocycles. The van der Waals surface area contributed by atoms with Crippen LogP contribution < -0.4 is 5.32 Å². The van der Waals surface area contributed by atoms with Crippen molar-refractivity contribution in [2.75, 3.05) is 6.54 Å². The normalized spacial score (nSPS) is 23.7. The Morgan fingerprint density at radius 3 is 3.00 bits per heavy atom. The van der Waals surface area contributed by atoms with Crippen molar-refractivity contribution in [1.82, 2.24) is 5.32 Å². The van der Waals surface area contributed by atoms with E-state index in [4.69, 9.17) is 16.3 Å². The summed E-state index contributed by atoms with van der Waals surface area (Å²) in [6, 6.07) is 4.50. The molecule has 1 heterocycles. The van der Waals surface area contributed by atoms with Crippen LogP contribution in [0.3, 0.4) is 0 Å². The van der Waals surface area contributed by atoms with Crippen LogP contribution in [0.15, 0.2) is 18.2 Å². The van der Waals surface area contributed by atoms with Crippen LogP contribution in [0.25, 0.3) is 0 Å². The van der Waals surface area contributed by atoms with Crippen molar-refractivity contribution in [3.63, 3.8) is 0 Å². The van der Waals surface area contributed by atoms with E-state index in [-0.39, 0.29) is 23.9 Å². The van der Waals surface area contributed by atoms with Gasteiger partial charge in [-0.1, -0.05) is 17.7 Å². The van der Waals surface area contributed by atoms with Crippen molar-refractivity contribution < 1.29 is 13.9 Å². The Hall–Kier alpha value is -1.13. The number of carbonyl (C=O) groups excluding carboxylic acids is 1. The smallest absolute Gasteiger partial charge is 0.302 e. The molecule has 0 bridgehead atoms. The number of ether oxygens (including phenoxy) is 1. The van der Waals surface area contributed by atoms with Gasteiger partial charge in [-0.15, -0.1) is 0 Å². The summed E-state index contributed by atoms with van der Waals surface area (Å²) in [5.41, 5.74) is 0.566. The minimum Gasteiger partial charge on any atom is -0.462 e. The molecule has 0 aliphatic carbocycles. The first-order valence-electron chi connectivity index (χ1n) is 5.92. The molecule has 0 spiro atoms. The zero-order chi connectivity index (χ0) is 13.1. The van der Waals surface area contributed by atoms with Crippen LogP contribution in [0.1, 0.15) is 31.4 Å². The Morgan fingerprint density at radius 1 is 1.56 bits per heavy atom. The molecule has 1 N–H and O–H groups in total. The summed E-state index contributed by atoms with van der Waals surface area (Å²) in [6.45, 7) is 2.09. The van der Waals surface area contributed by atoms with E-state index < -0.39 is 0 Å². The molecule has 5 heteroatoms. The lowest BCUT2D eigenvalue weighted by Gasteiger charge is -2.30. The first-order valence-corrected chi connectivity index (χ1v) is 6.29. The second kappa shape index (κ2) is 5.67. The van der Waals surface area contributed by atoms with E-state index >= 15 is 0 Å². The quantitative estimate of drug-likeness (QED) is 0.841. The van der Waals surface area contributed by atoms with Gasteiger partial charge in [-0.3, -0.25) is 4.79 Å². The van der Waals surface area contributed by atoms with E-state index in [1.54, 1.807) is 12.1 Å². The van der Waals surface area contributed by atoms with Crippen molar-refractivity contribution >= 4 is 17.6 Å². The maximum atomic E-state index is 13.8. The van der Waals surface area contributed by atoms with E-state index in [1.807, 2.05) is 0 Å². The van der Waals surface area contributed by atoms with Crippen LogP contribution >= 0.6 is 11.6 Å². The summed E-state index contributed by atoms with van der Waals surface area (Å²) in [7, 11) is 0. The highest BCUT2D eigenvalue weighted by Gasteiger charge is 2.26. The van der Waals surface area contributed by atoms with Crippen LogP contribution in [-0.4, -0.2) is 18.6 Å². The molecule has 98 valence electrons. The summed E-state index contributed by atoms with van der Waals surface area (Å²) in [5.74, 6) is -0.624. The van der Waals surface area contributed by atoms with Crippen LogP contribution in [0.4, 0.5) is 4.39 Å². The fourth-order valence-corrected chi connectivity index (χ4v) is 2.40. The highest BCUT2D eigenvalue weighted by molar-refractivity contribution is 6.30. The lowest BCUT2D eigenvalue weighted by atomic mass is 9.95. The maximum Gasteiger partial charge on any atom is 0.302 e. The zero-order valence-electron chi connectivity index (χ0n) is 10.1. The standard InChI is InChI=1S/C13H15ClFNO2/c1-8(17)18-10-4-5-16-13(7-10)11-3-2-9(14)6-12(11)15/h2-3,6,10,13,16H,4-5,7H2,1H3. The molecule has 2 atom stereocenters. The summed E-state index contributed by atoms with van der Waals surface area (Å²) in [5, 5.41) is 3.60. The first-order chi connectivity index (χ1) is 8.56. The molecule has 0 amide bonds. The van der Waals surface area contributed by atoms with Crippen LogP contribution in [-0.2, 0) is 9.53 Å². The van der Waals surface area contributed by atoms with Crippen LogP contribution in [0.2, 0.25) is 5.02 Å². The van der Waals surface area contributed by atoms with Crippen molar-refractivity contribution in [1.29, 1.82) is 0 Å². The third-order valence-corrected chi connectivity index (χ3v) is 3.26. The van der Waals surface area contributed by atoms with Gasteiger partial charge in [0.25, 0.3) is 0 Å². The molecule has 2 unspecified atom stereocenters. The average Bonchev–Trinajstić information content (AvgIpc) is 2.28. The minimum absolute atomic E-state index is 0.139. The van der Waals surface area contributed by atoms with E-state index in [2.05, 4.69) is 5.32 Å². The predicted molar refractivity (Wildman–Crippen MR) is 66.9 cm³/mol. The SMILES string of the molecule is CC(=O)OC1CCNC(c2ccc(Cl)cc2F)C1. The summed E-state index contributed by atoms with van der Waals surface area (Å²) in [4.78, 5) is 10.9. The Bertz CT molecular complexity index is 453. The number of esters is 1. The van der Waals surface area contributed by atoms with E-state index in [1.165, 1.54) is 13.0 Å². The van der Waals surface area contributed by atoms with Gasteiger partial charge >= 0.3 is 5.97 Å². The second-order valence-corrected chi connectivity index (χ2v) is 4.86. The van der Waals surface area contributed by atoms with Crippen molar-refractivity contribution in [2.24, 2.45) is 0 Å². The molecule has 0 saturated carbocycles. The number of hydrogen-bond donors (Lipinski definition) is 1. The Kier molecular flexibility index (Phi) is 4.19. The second-order valence-electron chi connectivity index (χ2n) is 4.43. The molecule has 1 aromatic rings. The third kappa shape index (κ3) is 3.21. The number of hydrogen-bond acceptors (Lipinski definition) is 3. The van der Waals surface area contributed by atoms with Gasteiger partial charge in [0.1, 0.15) is 11.9 Å². The number of carbonyl (C=O) groups is 1. The zero-order valence-corrected chi connectivity index (χ0v) is 10.8. The van der Waals surface area contributed by atoms with Crippen molar-refractivity contribution in [3.05, 3.63) is 34.6 Å². The molecule has 0 aromatic heterocycles. The minimum atomic E-state index is -0.330. The number of piperidine rings is 1. The number of benzene rings is 1. The maximum absolute atomic E-state index is 13.8. The monoisotopic (exact) mass is 271 g/mol. The summed E-state index contributed by atoms with van der Waals surface area (Å²) >= 11 is 5.72. The van der Waals surface area contributed by atoms with Crippen molar-refractivity contribution in [2.45, 2.75) is 31.9 Å². The topological polar surface area (TPSA) is 38.3 Å². The molecule has 1 aromatic carbocycles.